The molecule has 1 fully saturated rings. The van der Waals surface area contributed by atoms with Gasteiger partial charge in [0.15, 0.2) is 5.17 Å². The zero-order chi connectivity index (χ0) is 21.9. The number of aliphatic imine (C=N–C) groups is 1. The molecule has 156 valence electrons. The first-order chi connectivity index (χ1) is 14.2. The number of esters is 1. The summed E-state index contributed by atoms with van der Waals surface area (Å²) in [6.45, 7) is 8.99. The van der Waals surface area contributed by atoms with Crippen molar-refractivity contribution >= 4 is 40.6 Å². The molecule has 0 aliphatic carbocycles. The molecule has 0 radical (unpaired) electrons. The monoisotopic (exact) mass is 422 g/mol. The number of carbonyl (C=O) groups is 2. The summed E-state index contributed by atoms with van der Waals surface area (Å²) in [6.07, 6.45) is 1.91. The van der Waals surface area contributed by atoms with Crippen molar-refractivity contribution in [2.24, 2.45) is 4.99 Å². The summed E-state index contributed by atoms with van der Waals surface area (Å²) in [5, 5.41) is 0.630. The Morgan fingerprint density at radius 1 is 1.10 bits per heavy atom. The van der Waals surface area contributed by atoms with E-state index in [1.54, 1.807) is 29.2 Å². The van der Waals surface area contributed by atoms with E-state index in [0.29, 0.717) is 27.9 Å². The van der Waals surface area contributed by atoms with Crippen LogP contribution in [0, 0.1) is 0 Å². The van der Waals surface area contributed by atoms with Gasteiger partial charge in [0.05, 0.1) is 23.3 Å². The van der Waals surface area contributed by atoms with Crippen LogP contribution in [0.2, 0.25) is 0 Å². The van der Waals surface area contributed by atoms with Gasteiger partial charge in [0.2, 0.25) is 0 Å². The van der Waals surface area contributed by atoms with Gasteiger partial charge < -0.3 is 4.74 Å². The number of hydrogen-bond donors (Lipinski definition) is 0. The predicted octanol–water partition coefficient (Wildman–Crippen LogP) is 5.39. The van der Waals surface area contributed by atoms with Gasteiger partial charge in [-0.05, 0) is 65.6 Å². The van der Waals surface area contributed by atoms with Crippen LogP contribution >= 0.6 is 11.8 Å². The zero-order valence-electron chi connectivity index (χ0n) is 17.9. The number of thioether (sulfide) groups is 1. The number of nitrogens with zero attached hydrogens (tertiary/aromatic N) is 2. The average molecular weight is 423 g/mol. The SMILES string of the molecule is CCN1C(=O)/C(=C\c2ccc(C(C)(C)C)cc2)SC1=Nc1ccc(C(=O)OC)cc1. The van der Waals surface area contributed by atoms with Gasteiger partial charge in [0.1, 0.15) is 0 Å². The van der Waals surface area contributed by atoms with Crippen molar-refractivity contribution in [3.63, 3.8) is 0 Å². The molecule has 30 heavy (non-hydrogen) atoms. The highest BCUT2D eigenvalue weighted by Gasteiger charge is 2.32. The van der Waals surface area contributed by atoms with Gasteiger partial charge >= 0.3 is 5.97 Å². The molecule has 0 atom stereocenters. The Kier molecular flexibility index (Phi) is 6.46. The molecule has 0 N–H and O–H groups in total. The topological polar surface area (TPSA) is 59.0 Å². The molecule has 1 heterocycles. The van der Waals surface area contributed by atoms with Crippen LogP contribution in [0.25, 0.3) is 6.08 Å². The van der Waals surface area contributed by atoms with E-state index in [4.69, 9.17) is 4.74 Å². The second-order valence-corrected chi connectivity index (χ2v) is 8.97. The van der Waals surface area contributed by atoms with E-state index in [-0.39, 0.29) is 11.3 Å². The van der Waals surface area contributed by atoms with Crippen LogP contribution in [0.4, 0.5) is 5.69 Å². The van der Waals surface area contributed by atoms with Crippen molar-refractivity contribution in [2.75, 3.05) is 13.7 Å². The maximum absolute atomic E-state index is 12.8. The van der Waals surface area contributed by atoms with Crippen molar-refractivity contribution in [1.29, 1.82) is 0 Å². The van der Waals surface area contributed by atoms with Crippen LogP contribution in [0.15, 0.2) is 58.4 Å². The van der Waals surface area contributed by atoms with Crippen LogP contribution < -0.4 is 0 Å². The number of hydrogen-bond acceptors (Lipinski definition) is 5. The van der Waals surface area contributed by atoms with Crippen molar-refractivity contribution < 1.29 is 14.3 Å². The second kappa shape index (κ2) is 8.88. The summed E-state index contributed by atoms with van der Waals surface area (Å²) in [5.74, 6) is -0.440. The van der Waals surface area contributed by atoms with Gasteiger partial charge in [0, 0.05) is 6.54 Å². The van der Waals surface area contributed by atoms with Gasteiger partial charge in [-0.15, -0.1) is 0 Å². The largest absolute Gasteiger partial charge is 0.465 e. The molecule has 1 saturated heterocycles. The third-order valence-corrected chi connectivity index (χ3v) is 5.80. The van der Waals surface area contributed by atoms with Crippen molar-refractivity contribution in [2.45, 2.75) is 33.1 Å². The van der Waals surface area contributed by atoms with Gasteiger partial charge in [-0.3, -0.25) is 9.69 Å². The lowest BCUT2D eigenvalue weighted by molar-refractivity contribution is -0.122. The summed E-state index contributed by atoms with van der Waals surface area (Å²) in [4.78, 5) is 31.3. The highest BCUT2D eigenvalue weighted by molar-refractivity contribution is 8.18. The molecular weight excluding hydrogens is 396 g/mol. The minimum absolute atomic E-state index is 0.0488. The Balaban J connectivity index is 1.85. The smallest absolute Gasteiger partial charge is 0.337 e. The number of ether oxygens (including phenoxy) is 1. The number of amidine groups is 1. The molecule has 1 aliphatic heterocycles. The van der Waals surface area contributed by atoms with Gasteiger partial charge in [-0.25, -0.2) is 9.79 Å². The standard InChI is InChI=1S/C24H26N2O3S/c1-6-26-21(27)20(15-16-7-11-18(12-8-16)24(2,3)4)30-23(26)25-19-13-9-17(10-14-19)22(28)29-5/h7-15H,6H2,1-5H3/b20-15+,25-23?. The number of likely N-dealkylation sites (N-methyl/N-ethyl adjacent to an activating group) is 1. The number of benzene rings is 2. The van der Waals surface area contributed by atoms with Gasteiger partial charge in [0.25, 0.3) is 5.91 Å². The first kappa shape index (κ1) is 21.8. The predicted molar refractivity (Wildman–Crippen MR) is 123 cm³/mol. The molecule has 2 aromatic carbocycles. The molecule has 1 amide bonds. The lowest BCUT2D eigenvalue weighted by atomic mass is 9.87. The molecular formula is C24H26N2O3S. The normalized spacial score (nSPS) is 17.1. The first-order valence-electron chi connectivity index (χ1n) is 9.82. The highest BCUT2D eigenvalue weighted by atomic mass is 32.2. The van der Waals surface area contributed by atoms with E-state index in [9.17, 15) is 9.59 Å². The Morgan fingerprint density at radius 2 is 1.73 bits per heavy atom. The first-order valence-corrected chi connectivity index (χ1v) is 10.6. The summed E-state index contributed by atoms with van der Waals surface area (Å²) < 4.78 is 4.72. The second-order valence-electron chi connectivity index (χ2n) is 7.96. The van der Waals surface area contributed by atoms with Crippen LogP contribution in [-0.4, -0.2) is 35.6 Å². The van der Waals surface area contributed by atoms with Crippen LogP contribution in [0.3, 0.4) is 0 Å². The van der Waals surface area contributed by atoms with Crippen molar-refractivity contribution in [3.05, 3.63) is 70.1 Å². The summed E-state index contributed by atoms with van der Waals surface area (Å²) in [7, 11) is 1.35. The van der Waals surface area contributed by atoms with E-state index in [2.05, 4.69) is 37.9 Å². The van der Waals surface area contributed by atoms with E-state index in [1.165, 1.54) is 24.4 Å². The minimum Gasteiger partial charge on any atom is -0.465 e. The Morgan fingerprint density at radius 3 is 2.27 bits per heavy atom. The van der Waals surface area contributed by atoms with E-state index in [0.717, 1.165) is 5.56 Å². The van der Waals surface area contributed by atoms with Crippen molar-refractivity contribution in [3.8, 4) is 0 Å². The quantitative estimate of drug-likeness (QED) is 0.489. The maximum atomic E-state index is 12.8. The fourth-order valence-corrected chi connectivity index (χ4v) is 4.06. The van der Waals surface area contributed by atoms with Gasteiger partial charge in [-0.2, -0.15) is 0 Å². The molecule has 3 rings (SSSR count). The Bertz CT molecular complexity index is 1000. The molecule has 0 unspecified atom stereocenters. The number of rotatable bonds is 4. The fraction of sp³-hybridized carbons (Fsp3) is 0.292. The Labute approximate surface area is 181 Å². The summed E-state index contributed by atoms with van der Waals surface area (Å²) >= 11 is 1.36. The zero-order valence-corrected chi connectivity index (χ0v) is 18.7. The van der Waals surface area contributed by atoms with E-state index in [1.807, 2.05) is 25.1 Å². The third-order valence-electron chi connectivity index (χ3n) is 4.79. The van der Waals surface area contributed by atoms with Crippen LogP contribution in [0.1, 0.15) is 49.2 Å². The molecule has 0 aromatic heterocycles. The molecule has 0 spiro atoms. The summed E-state index contributed by atoms with van der Waals surface area (Å²) in [5.41, 5.74) is 3.46. The fourth-order valence-electron chi connectivity index (χ4n) is 3.00. The lowest BCUT2D eigenvalue weighted by Crippen LogP contribution is -2.28. The molecule has 5 nitrogen and oxygen atoms in total. The lowest BCUT2D eigenvalue weighted by Gasteiger charge is -2.18. The third kappa shape index (κ3) is 4.82. The molecule has 0 saturated carbocycles. The van der Waals surface area contributed by atoms with E-state index >= 15 is 0 Å². The van der Waals surface area contributed by atoms with Crippen molar-refractivity contribution in [1.82, 2.24) is 4.90 Å². The van der Waals surface area contributed by atoms with Crippen LogP contribution in [-0.2, 0) is 14.9 Å². The number of carbonyl (C=O) groups excluding carboxylic acids is 2. The molecule has 0 bridgehead atoms. The van der Waals surface area contributed by atoms with Crippen LogP contribution in [0.5, 0.6) is 0 Å². The number of methoxy groups -OCH3 is 1. The number of amides is 1. The minimum atomic E-state index is -0.391. The average Bonchev–Trinajstić information content (AvgIpc) is 3.01. The summed E-state index contributed by atoms with van der Waals surface area (Å²) in [6, 6.07) is 15.1. The maximum Gasteiger partial charge on any atom is 0.337 e. The Hall–Kier alpha value is -2.86. The highest BCUT2D eigenvalue weighted by Crippen LogP contribution is 2.34. The molecule has 2 aromatic rings. The molecule has 6 heteroatoms. The molecule has 1 aliphatic rings. The van der Waals surface area contributed by atoms with Gasteiger partial charge in [-0.1, -0.05) is 45.0 Å². The van der Waals surface area contributed by atoms with E-state index < -0.39 is 5.97 Å².